The number of nitrogens with two attached hydrogens (primary N) is 1. The predicted octanol–water partition coefficient (Wildman–Crippen LogP) is 0.112. The third-order valence-corrected chi connectivity index (χ3v) is 3.03. The zero-order chi connectivity index (χ0) is 12.8. The van der Waals surface area contributed by atoms with Gasteiger partial charge in [0, 0.05) is 13.1 Å². The predicted molar refractivity (Wildman–Crippen MR) is 65.5 cm³/mol. The Morgan fingerprint density at radius 1 is 1.59 bits per heavy atom. The monoisotopic (exact) mass is 244 g/mol. The fourth-order valence-corrected chi connectivity index (χ4v) is 2.11. The molecule has 17 heavy (non-hydrogen) atoms. The summed E-state index contributed by atoms with van der Waals surface area (Å²) in [5.74, 6) is -0.0212. The Morgan fingerprint density at radius 2 is 2.29 bits per heavy atom. The third kappa shape index (κ3) is 4.26. The van der Waals surface area contributed by atoms with Gasteiger partial charge in [-0.1, -0.05) is 19.8 Å². The quantitative estimate of drug-likeness (QED) is 0.720. The fraction of sp³-hybridized carbons (Fsp3) is 0.917. The molecule has 0 aromatic rings. The zero-order valence-electron chi connectivity index (χ0n) is 10.8. The van der Waals surface area contributed by atoms with Crippen LogP contribution in [-0.2, 0) is 9.53 Å². The molecule has 3 unspecified atom stereocenters. The average Bonchev–Trinajstić information content (AvgIpc) is 2.34. The maximum atomic E-state index is 12.1. The van der Waals surface area contributed by atoms with Crippen LogP contribution >= 0.6 is 0 Å². The molecule has 0 spiro atoms. The molecule has 0 radical (unpaired) electrons. The molecule has 1 fully saturated rings. The number of hydrogen-bond acceptors (Lipinski definition) is 4. The van der Waals surface area contributed by atoms with Crippen molar-refractivity contribution in [1.29, 1.82) is 0 Å². The minimum Gasteiger partial charge on any atom is -0.394 e. The maximum Gasteiger partial charge on any atom is 0.239 e. The van der Waals surface area contributed by atoms with Gasteiger partial charge in [0.05, 0.1) is 24.9 Å². The van der Waals surface area contributed by atoms with Crippen molar-refractivity contribution in [2.45, 2.75) is 51.4 Å². The molecule has 1 heterocycles. The summed E-state index contributed by atoms with van der Waals surface area (Å²) < 4.78 is 5.49. The Balaban J connectivity index is 2.49. The lowest BCUT2D eigenvalue weighted by Gasteiger charge is -2.37. The van der Waals surface area contributed by atoms with Crippen LogP contribution in [0, 0.1) is 0 Å². The standard InChI is InChI=1S/C12H24N2O3/c1-3-4-5-11(13)12(16)14-6-9(2)17-10(7-14)8-15/h9-11,15H,3-8,13H2,1-2H3. The Hall–Kier alpha value is -0.650. The molecule has 3 atom stereocenters. The first kappa shape index (κ1) is 14.4. The van der Waals surface area contributed by atoms with Crippen LogP contribution in [0.3, 0.4) is 0 Å². The highest BCUT2D eigenvalue weighted by Gasteiger charge is 2.30. The van der Waals surface area contributed by atoms with Crippen LogP contribution in [0.1, 0.15) is 33.1 Å². The number of aliphatic hydroxyl groups excluding tert-OH is 1. The summed E-state index contributed by atoms with van der Waals surface area (Å²) >= 11 is 0. The fourth-order valence-electron chi connectivity index (χ4n) is 2.11. The van der Waals surface area contributed by atoms with Crippen LogP contribution in [0.4, 0.5) is 0 Å². The minimum absolute atomic E-state index is 0.0212. The van der Waals surface area contributed by atoms with Crippen molar-refractivity contribution < 1.29 is 14.6 Å². The van der Waals surface area contributed by atoms with E-state index in [-0.39, 0.29) is 24.7 Å². The first-order valence-electron chi connectivity index (χ1n) is 6.39. The summed E-state index contributed by atoms with van der Waals surface area (Å²) in [4.78, 5) is 13.8. The van der Waals surface area contributed by atoms with Gasteiger partial charge in [0.2, 0.25) is 5.91 Å². The van der Waals surface area contributed by atoms with E-state index in [0.717, 1.165) is 19.3 Å². The molecule has 0 saturated carbocycles. The second-order valence-corrected chi connectivity index (χ2v) is 4.74. The molecule has 1 rings (SSSR count). The number of rotatable bonds is 5. The summed E-state index contributed by atoms with van der Waals surface area (Å²) in [6.07, 6.45) is 2.42. The zero-order valence-corrected chi connectivity index (χ0v) is 10.8. The lowest BCUT2D eigenvalue weighted by atomic mass is 10.1. The van der Waals surface area contributed by atoms with E-state index in [0.29, 0.717) is 13.1 Å². The third-order valence-electron chi connectivity index (χ3n) is 3.03. The number of morpholine rings is 1. The summed E-state index contributed by atoms with van der Waals surface area (Å²) in [6.45, 7) is 4.93. The van der Waals surface area contributed by atoms with Crippen molar-refractivity contribution in [3.8, 4) is 0 Å². The lowest BCUT2D eigenvalue weighted by molar-refractivity contribution is -0.148. The highest BCUT2D eigenvalue weighted by Crippen LogP contribution is 2.13. The number of hydrogen-bond donors (Lipinski definition) is 2. The Bertz CT molecular complexity index is 248. The first-order chi connectivity index (χ1) is 8.08. The van der Waals surface area contributed by atoms with Crippen LogP contribution in [-0.4, -0.2) is 53.9 Å². The molecule has 0 aliphatic carbocycles. The molecule has 5 nitrogen and oxygen atoms in total. The van der Waals surface area contributed by atoms with Gasteiger partial charge in [0.15, 0.2) is 0 Å². The molecule has 1 aliphatic rings. The molecule has 5 heteroatoms. The Kier molecular flexibility index (Phi) is 5.88. The molecule has 1 saturated heterocycles. The van der Waals surface area contributed by atoms with Gasteiger partial charge in [0.25, 0.3) is 0 Å². The summed E-state index contributed by atoms with van der Waals surface area (Å²) in [5.41, 5.74) is 5.87. The summed E-state index contributed by atoms with van der Waals surface area (Å²) in [6, 6.07) is -0.417. The van der Waals surface area contributed by atoms with E-state index in [2.05, 4.69) is 6.92 Å². The van der Waals surface area contributed by atoms with Crippen molar-refractivity contribution in [3.05, 3.63) is 0 Å². The van der Waals surface area contributed by atoms with Gasteiger partial charge in [-0.05, 0) is 13.3 Å². The molecule has 100 valence electrons. The van der Waals surface area contributed by atoms with Crippen LogP contribution in [0.5, 0.6) is 0 Å². The number of ether oxygens (including phenoxy) is 1. The Morgan fingerprint density at radius 3 is 2.88 bits per heavy atom. The van der Waals surface area contributed by atoms with E-state index in [4.69, 9.17) is 15.6 Å². The van der Waals surface area contributed by atoms with Crippen molar-refractivity contribution in [3.63, 3.8) is 0 Å². The van der Waals surface area contributed by atoms with E-state index in [1.54, 1.807) is 4.90 Å². The highest BCUT2D eigenvalue weighted by atomic mass is 16.5. The smallest absolute Gasteiger partial charge is 0.239 e. The molecular formula is C12H24N2O3. The number of unbranched alkanes of at least 4 members (excludes halogenated alkanes) is 1. The maximum absolute atomic E-state index is 12.1. The number of amides is 1. The van der Waals surface area contributed by atoms with E-state index >= 15 is 0 Å². The summed E-state index contributed by atoms with van der Waals surface area (Å²) in [5, 5.41) is 9.09. The molecule has 3 N–H and O–H groups in total. The van der Waals surface area contributed by atoms with Gasteiger partial charge >= 0.3 is 0 Å². The second kappa shape index (κ2) is 6.93. The van der Waals surface area contributed by atoms with E-state index < -0.39 is 6.04 Å². The van der Waals surface area contributed by atoms with E-state index in [1.165, 1.54) is 0 Å². The topological polar surface area (TPSA) is 75.8 Å². The molecule has 1 aliphatic heterocycles. The first-order valence-corrected chi connectivity index (χ1v) is 6.39. The van der Waals surface area contributed by atoms with Crippen molar-refractivity contribution >= 4 is 5.91 Å². The highest BCUT2D eigenvalue weighted by molar-refractivity contribution is 5.81. The second-order valence-electron chi connectivity index (χ2n) is 4.74. The SMILES string of the molecule is CCCCC(N)C(=O)N1CC(C)OC(CO)C1. The van der Waals surface area contributed by atoms with Gasteiger partial charge in [0.1, 0.15) is 0 Å². The van der Waals surface area contributed by atoms with Gasteiger partial charge in [-0.3, -0.25) is 4.79 Å². The molecule has 0 aromatic carbocycles. The summed E-state index contributed by atoms with van der Waals surface area (Å²) in [7, 11) is 0. The normalized spacial score (nSPS) is 26.9. The molecule has 0 aromatic heterocycles. The average molecular weight is 244 g/mol. The largest absolute Gasteiger partial charge is 0.394 e. The van der Waals surface area contributed by atoms with Crippen LogP contribution in [0.25, 0.3) is 0 Å². The van der Waals surface area contributed by atoms with Crippen molar-refractivity contribution in [1.82, 2.24) is 4.90 Å². The van der Waals surface area contributed by atoms with Gasteiger partial charge in [-0.25, -0.2) is 0 Å². The van der Waals surface area contributed by atoms with Crippen molar-refractivity contribution in [2.24, 2.45) is 5.73 Å². The van der Waals surface area contributed by atoms with Crippen LogP contribution < -0.4 is 5.73 Å². The Labute approximate surface area is 103 Å². The number of aliphatic hydroxyl groups is 1. The van der Waals surface area contributed by atoms with Gasteiger partial charge < -0.3 is 20.5 Å². The number of carbonyl (C=O) groups is 1. The van der Waals surface area contributed by atoms with E-state index in [9.17, 15) is 4.79 Å². The van der Waals surface area contributed by atoms with Crippen LogP contribution in [0.2, 0.25) is 0 Å². The molecular weight excluding hydrogens is 220 g/mol. The molecule has 1 amide bonds. The van der Waals surface area contributed by atoms with Gasteiger partial charge in [-0.2, -0.15) is 0 Å². The van der Waals surface area contributed by atoms with E-state index in [1.807, 2.05) is 6.92 Å². The molecule has 0 bridgehead atoms. The van der Waals surface area contributed by atoms with Crippen LogP contribution in [0.15, 0.2) is 0 Å². The van der Waals surface area contributed by atoms with Gasteiger partial charge in [-0.15, -0.1) is 0 Å². The minimum atomic E-state index is -0.417. The lowest BCUT2D eigenvalue weighted by Crippen LogP contribution is -2.54. The number of nitrogens with zero attached hydrogens (tertiary/aromatic N) is 1. The van der Waals surface area contributed by atoms with Crippen molar-refractivity contribution in [2.75, 3.05) is 19.7 Å². The number of carbonyl (C=O) groups excluding carboxylic acids is 1.